The number of aryl methyl sites for hydroxylation is 1. The Kier molecular flexibility index (Phi) is 7.98. The van der Waals surface area contributed by atoms with Crippen molar-refractivity contribution in [2.45, 2.75) is 58.9 Å². The fourth-order valence-corrected chi connectivity index (χ4v) is 3.50. The summed E-state index contributed by atoms with van der Waals surface area (Å²) in [7, 11) is 1.65. The molecule has 1 aliphatic heterocycles. The minimum atomic E-state index is -0.648. The maximum atomic E-state index is 12.7. The lowest BCUT2D eigenvalue weighted by molar-refractivity contribution is -0.149. The van der Waals surface area contributed by atoms with Gasteiger partial charge >= 0.3 is 0 Å². The molecule has 0 saturated carbocycles. The van der Waals surface area contributed by atoms with E-state index in [0.29, 0.717) is 24.6 Å². The van der Waals surface area contributed by atoms with Gasteiger partial charge in [-0.1, -0.05) is 32.9 Å². The summed E-state index contributed by atoms with van der Waals surface area (Å²) in [5, 5.41) is 0.419. The van der Waals surface area contributed by atoms with E-state index in [1.54, 1.807) is 12.0 Å². The normalized spacial score (nSPS) is 16.7. The first-order valence-electron chi connectivity index (χ1n) is 9.95. The fourth-order valence-electron chi connectivity index (χ4n) is 3.17. The summed E-state index contributed by atoms with van der Waals surface area (Å²) in [5.74, 6) is 0.0655. The van der Waals surface area contributed by atoms with Crippen molar-refractivity contribution in [1.82, 2.24) is 4.90 Å². The van der Waals surface area contributed by atoms with E-state index < -0.39 is 11.3 Å². The van der Waals surface area contributed by atoms with E-state index >= 15 is 0 Å². The number of Topliss-reactive ketones (excluding diaryl/α,β-unsaturated/α-hetero) is 1. The monoisotopic (exact) mass is 405 g/mol. The number of hydrogen-bond donors (Lipinski definition) is 0. The first-order chi connectivity index (χ1) is 13.3. The van der Waals surface area contributed by atoms with Crippen LogP contribution in [0.3, 0.4) is 0 Å². The van der Waals surface area contributed by atoms with Gasteiger partial charge < -0.3 is 14.4 Å². The van der Waals surface area contributed by atoms with Gasteiger partial charge in [-0.3, -0.25) is 9.59 Å². The van der Waals surface area contributed by atoms with Gasteiger partial charge in [0, 0.05) is 12.0 Å². The highest BCUT2D eigenvalue weighted by molar-refractivity contribution is 7.80. The number of methoxy groups -OCH3 is 1. The highest BCUT2D eigenvalue weighted by Gasteiger charge is 2.40. The lowest BCUT2D eigenvalue weighted by Crippen LogP contribution is -2.47. The Balaban J connectivity index is 1.83. The van der Waals surface area contributed by atoms with Crippen molar-refractivity contribution >= 4 is 29.0 Å². The minimum absolute atomic E-state index is 0.278. The number of rotatable bonds is 9. The summed E-state index contributed by atoms with van der Waals surface area (Å²) in [4.78, 5) is 26.8. The lowest BCUT2D eigenvalue weighted by Gasteiger charge is -2.28. The molecular weight excluding hydrogens is 374 g/mol. The van der Waals surface area contributed by atoms with E-state index in [2.05, 4.69) is 0 Å². The molecule has 28 heavy (non-hydrogen) atoms. The van der Waals surface area contributed by atoms with Gasteiger partial charge in [0.05, 0.1) is 13.7 Å². The number of hydrogen-bond acceptors (Lipinski definition) is 5. The summed E-state index contributed by atoms with van der Waals surface area (Å²) >= 11 is 5.44. The van der Waals surface area contributed by atoms with Crippen LogP contribution < -0.4 is 4.74 Å². The molecule has 1 atom stereocenters. The van der Waals surface area contributed by atoms with Crippen molar-refractivity contribution in [3.05, 3.63) is 29.8 Å². The van der Waals surface area contributed by atoms with Gasteiger partial charge in [-0.2, -0.15) is 0 Å². The molecule has 1 aromatic carbocycles. The van der Waals surface area contributed by atoms with Crippen LogP contribution in [0.4, 0.5) is 0 Å². The average Bonchev–Trinajstić information content (AvgIpc) is 3.20. The number of nitrogens with zero attached hydrogens (tertiary/aromatic N) is 1. The Hall–Kier alpha value is -1.95. The molecule has 0 aliphatic carbocycles. The number of carbonyl (C=O) groups excluding carboxylic acids is 2. The molecule has 1 amide bonds. The van der Waals surface area contributed by atoms with Gasteiger partial charge in [0.15, 0.2) is 5.05 Å². The zero-order valence-electron chi connectivity index (χ0n) is 17.3. The third kappa shape index (κ3) is 5.53. The van der Waals surface area contributed by atoms with E-state index in [4.69, 9.17) is 21.7 Å². The second kappa shape index (κ2) is 10.0. The zero-order chi connectivity index (χ0) is 20.7. The third-order valence-electron chi connectivity index (χ3n) is 5.49. The maximum Gasteiger partial charge on any atom is 0.291 e. The third-order valence-corrected chi connectivity index (χ3v) is 5.88. The number of ketones is 1. The maximum absolute atomic E-state index is 12.7. The van der Waals surface area contributed by atoms with E-state index in [1.165, 1.54) is 5.56 Å². The number of carbonyl (C=O) groups is 2. The predicted octanol–water partition coefficient (Wildman–Crippen LogP) is 3.97. The standard InChI is InChI=1S/C22H31NO4S/c1-5-22(2,3)19(24)20(25)23-14-6-9-18(23)21(28)27-15-7-8-16-10-12-17(26-4)13-11-16/h10-13,18H,5-9,14-15H2,1-4H3/t18-/m0/s1. The van der Waals surface area contributed by atoms with Crippen LogP contribution in [0, 0.1) is 5.41 Å². The van der Waals surface area contributed by atoms with Gasteiger partial charge in [-0.05, 0) is 62.0 Å². The van der Waals surface area contributed by atoms with Gasteiger partial charge in [0.1, 0.15) is 11.8 Å². The largest absolute Gasteiger partial charge is 0.497 e. The molecular formula is C22H31NO4S. The number of likely N-dealkylation sites (tertiary alicyclic amines) is 1. The van der Waals surface area contributed by atoms with Crippen LogP contribution in [0.15, 0.2) is 24.3 Å². The lowest BCUT2D eigenvalue weighted by atomic mass is 9.84. The van der Waals surface area contributed by atoms with Crippen LogP contribution in [-0.2, 0) is 20.7 Å². The van der Waals surface area contributed by atoms with Crippen LogP contribution in [0.2, 0.25) is 0 Å². The summed E-state index contributed by atoms with van der Waals surface area (Å²) in [6.45, 7) is 6.60. The number of thiocarbonyl (C=S) groups is 1. The van der Waals surface area contributed by atoms with E-state index in [9.17, 15) is 9.59 Å². The minimum Gasteiger partial charge on any atom is -0.497 e. The molecule has 1 aliphatic rings. The van der Waals surface area contributed by atoms with Gasteiger partial charge in [-0.25, -0.2) is 0 Å². The van der Waals surface area contributed by atoms with Gasteiger partial charge in [-0.15, -0.1) is 0 Å². The molecule has 0 spiro atoms. The van der Waals surface area contributed by atoms with Crippen LogP contribution in [0.5, 0.6) is 5.75 Å². The Morgan fingerprint density at radius 2 is 1.93 bits per heavy atom. The molecule has 154 valence electrons. The molecule has 0 N–H and O–H groups in total. The molecule has 2 rings (SSSR count). The second-order valence-corrected chi connectivity index (χ2v) is 8.24. The van der Waals surface area contributed by atoms with Crippen LogP contribution >= 0.6 is 12.2 Å². The molecule has 6 heteroatoms. The molecule has 0 unspecified atom stereocenters. The number of amides is 1. The van der Waals surface area contributed by atoms with Crippen LogP contribution in [-0.4, -0.2) is 47.9 Å². The summed E-state index contributed by atoms with van der Waals surface area (Å²) < 4.78 is 10.9. The summed E-state index contributed by atoms with van der Waals surface area (Å²) in [6, 6.07) is 7.68. The van der Waals surface area contributed by atoms with Crippen LogP contribution in [0.25, 0.3) is 0 Å². The SMILES string of the molecule is CCC(C)(C)C(=O)C(=O)N1CCC[C@H]1C(=S)OCCCc1ccc(OC)cc1. The molecule has 1 heterocycles. The molecule has 5 nitrogen and oxygen atoms in total. The first kappa shape index (κ1) is 22.3. The fraction of sp³-hybridized carbons (Fsp3) is 0.591. The van der Waals surface area contributed by atoms with Crippen molar-refractivity contribution in [3.8, 4) is 5.75 Å². The average molecular weight is 406 g/mol. The Morgan fingerprint density at radius 3 is 2.54 bits per heavy atom. The molecule has 0 bridgehead atoms. The topological polar surface area (TPSA) is 55.8 Å². The smallest absolute Gasteiger partial charge is 0.291 e. The molecule has 1 saturated heterocycles. The van der Waals surface area contributed by atoms with Gasteiger partial charge in [0.25, 0.3) is 5.91 Å². The van der Waals surface area contributed by atoms with Crippen molar-refractivity contribution in [2.24, 2.45) is 5.41 Å². The van der Waals surface area contributed by atoms with E-state index in [-0.39, 0.29) is 11.8 Å². The summed E-state index contributed by atoms with van der Waals surface area (Å²) in [6.07, 6.45) is 3.93. The molecule has 1 aromatic rings. The second-order valence-electron chi connectivity index (χ2n) is 7.84. The number of benzene rings is 1. The van der Waals surface area contributed by atoms with Crippen molar-refractivity contribution in [1.29, 1.82) is 0 Å². The van der Waals surface area contributed by atoms with Crippen molar-refractivity contribution < 1.29 is 19.1 Å². The Labute approximate surface area is 173 Å². The van der Waals surface area contributed by atoms with Crippen LogP contribution in [0.1, 0.15) is 52.0 Å². The summed E-state index contributed by atoms with van der Waals surface area (Å²) in [5.41, 5.74) is 0.561. The number of ether oxygens (including phenoxy) is 2. The van der Waals surface area contributed by atoms with E-state index in [0.717, 1.165) is 31.4 Å². The zero-order valence-corrected chi connectivity index (χ0v) is 18.1. The van der Waals surface area contributed by atoms with E-state index in [1.807, 2.05) is 45.0 Å². The predicted molar refractivity (Wildman–Crippen MR) is 114 cm³/mol. The van der Waals surface area contributed by atoms with Crippen molar-refractivity contribution in [3.63, 3.8) is 0 Å². The molecule has 0 radical (unpaired) electrons. The van der Waals surface area contributed by atoms with Crippen molar-refractivity contribution in [2.75, 3.05) is 20.3 Å². The molecule has 1 fully saturated rings. The highest BCUT2D eigenvalue weighted by atomic mass is 32.1. The first-order valence-corrected chi connectivity index (χ1v) is 10.4. The quantitative estimate of drug-likeness (QED) is 0.353. The Bertz CT molecular complexity index is 699. The highest BCUT2D eigenvalue weighted by Crippen LogP contribution is 2.26. The van der Waals surface area contributed by atoms with Gasteiger partial charge in [0.2, 0.25) is 5.78 Å². The Morgan fingerprint density at radius 1 is 1.25 bits per heavy atom. The molecule has 0 aromatic heterocycles.